The fraction of sp³-hybridized carbons (Fsp3) is 0.150. The first-order chi connectivity index (χ1) is 13.6. The van der Waals surface area contributed by atoms with E-state index in [9.17, 15) is 4.39 Å². The van der Waals surface area contributed by atoms with Gasteiger partial charge in [0.1, 0.15) is 17.3 Å². The van der Waals surface area contributed by atoms with Crippen LogP contribution >= 0.6 is 0 Å². The molecule has 8 heteroatoms. The lowest BCUT2D eigenvalue weighted by molar-refractivity contribution is 0.398. The van der Waals surface area contributed by atoms with Gasteiger partial charge in [-0.25, -0.2) is 14.4 Å². The second-order valence-corrected chi connectivity index (χ2v) is 6.24. The Hall–Kier alpha value is -3.68. The smallest absolute Gasteiger partial charge is 0.213 e. The fourth-order valence-electron chi connectivity index (χ4n) is 2.88. The van der Waals surface area contributed by atoms with Crippen molar-refractivity contribution in [1.29, 1.82) is 0 Å². The van der Waals surface area contributed by atoms with Crippen LogP contribution in [-0.2, 0) is 0 Å². The summed E-state index contributed by atoms with van der Waals surface area (Å²) in [6.45, 7) is 3.74. The van der Waals surface area contributed by atoms with Crippen molar-refractivity contribution in [2.75, 3.05) is 7.11 Å². The molecule has 0 atom stereocenters. The van der Waals surface area contributed by atoms with Crippen molar-refractivity contribution in [1.82, 2.24) is 29.7 Å². The normalized spacial score (nSPS) is 10.9. The zero-order valence-electron chi connectivity index (χ0n) is 15.6. The fourth-order valence-corrected chi connectivity index (χ4v) is 2.88. The molecule has 0 aliphatic rings. The van der Waals surface area contributed by atoms with Crippen LogP contribution in [0.25, 0.3) is 28.5 Å². The number of ether oxygens (including phenoxy) is 1. The van der Waals surface area contributed by atoms with Gasteiger partial charge in [0.25, 0.3) is 0 Å². The van der Waals surface area contributed by atoms with E-state index in [0.717, 1.165) is 11.3 Å². The van der Waals surface area contributed by atoms with Crippen molar-refractivity contribution in [3.63, 3.8) is 0 Å². The molecule has 4 rings (SSSR count). The molecule has 0 bridgehead atoms. The molecule has 4 aromatic rings. The monoisotopic (exact) mass is 376 g/mol. The zero-order chi connectivity index (χ0) is 19.7. The van der Waals surface area contributed by atoms with Crippen molar-refractivity contribution < 1.29 is 9.13 Å². The molecule has 1 aromatic carbocycles. The van der Waals surface area contributed by atoms with Crippen LogP contribution in [0.5, 0.6) is 5.88 Å². The summed E-state index contributed by atoms with van der Waals surface area (Å²) in [6, 6.07) is 8.50. The SMILES string of the molecule is COc1ccc(-n2c(C)nnc2-c2cnc(-c3cc(C)ccc3F)cn2)cn1. The van der Waals surface area contributed by atoms with E-state index in [1.54, 1.807) is 37.7 Å². The van der Waals surface area contributed by atoms with E-state index in [1.807, 2.05) is 24.5 Å². The predicted molar refractivity (Wildman–Crippen MR) is 102 cm³/mol. The topological polar surface area (TPSA) is 78.6 Å². The number of hydrogen-bond acceptors (Lipinski definition) is 6. The van der Waals surface area contributed by atoms with Crippen LogP contribution in [-0.4, -0.2) is 36.8 Å². The molecule has 0 amide bonds. The van der Waals surface area contributed by atoms with Crippen molar-refractivity contribution in [2.45, 2.75) is 13.8 Å². The number of hydrogen-bond donors (Lipinski definition) is 0. The third kappa shape index (κ3) is 3.20. The number of benzene rings is 1. The van der Waals surface area contributed by atoms with Crippen molar-refractivity contribution in [3.05, 3.63) is 66.1 Å². The average Bonchev–Trinajstić information content (AvgIpc) is 3.11. The van der Waals surface area contributed by atoms with Gasteiger partial charge in [0.05, 0.1) is 37.1 Å². The molecule has 0 fully saturated rings. The summed E-state index contributed by atoms with van der Waals surface area (Å²) in [5, 5.41) is 8.36. The molecule has 0 aliphatic carbocycles. The number of pyridine rings is 1. The molecule has 0 N–H and O–H groups in total. The Labute approximate surface area is 160 Å². The van der Waals surface area contributed by atoms with Crippen molar-refractivity contribution in [3.8, 4) is 34.3 Å². The highest BCUT2D eigenvalue weighted by atomic mass is 19.1. The van der Waals surface area contributed by atoms with Gasteiger partial charge in [0, 0.05) is 11.6 Å². The minimum absolute atomic E-state index is 0.337. The van der Waals surface area contributed by atoms with E-state index in [2.05, 4.69) is 25.1 Å². The summed E-state index contributed by atoms with van der Waals surface area (Å²) < 4.78 is 21.0. The highest BCUT2D eigenvalue weighted by molar-refractivity contribution is 5.62. The number of nitrogens with zero attached hydrogens (tertiary/aromatic N) is 6. The van der Waals surface area contributed by atoms with Crippen molar-refractivity contribution in [2.24, 2.45) is 0 Å². The Morgan fingerprint density at radius 1 is 0.893 bits per heavy atom. The Morgan fingerprint density at radius 3 is 2.36 bits per heavy atom. The van der Waals surface area contributed by atoms with E-state index in [1.165, 1.54) is 12.3 Å². The number of aryl methyl sites for hydroxylation is 2. The first-order valence-corrected chi connectivity index (χ1v) is 8.58. The molecule has 3 aromatic heterocycles. The second-order valence-electron chi connectivity index (χ2n) is 6.24. The number of halogens is 1. The van der Waals surface area contributed by atoms with Gasteiger partial charge < -0.3 is 4.74 Å². The predicted octanol–water partition coefficient (Wildman–Crippen LogP) is 3.55. The van der Waals surface area contributed by atoms with Gasteiger partial charge in [-0.3, -0.25) is 9.55 Å². The number of aromatic nitrogens is 6. The summed E-state index contributed by atoms with van der Waals surface area (Å²) in [5.74, 6) is 1.38. The molecule has 140 valence electrons. The van der Waals surface area contributed by atoms with E-state index < -0.39 is 0 Å². The second kappa shape index (κ2) is 7.15. The average molecular weight is 376 g/mol. The summed E-state index contributed by atoms with van der Waals surface area (Å²) in [5.41, 5.74) is 3.11. The molecule has 0 saturated heterocycles. The highest BCUT2D eigenvalue weighted by Crippen LogP contribution is 2.25. The Morgan fingerprint density at radius 2 is 1.68 bits per heavy atom. The first kappa shape index (κ1) is 17.7. The van der Waals surface area contributed by atoms with E-state index >= 15 is 0 Å². The number of rotatable bonds is 4. The maximum absolute atomic E-state index is 14.1. The summed E-state index contributed by atoms with van der Waals surface area (Å²) in [7, 11) is 1.56. The quantitative estimate of drug-likeness (QED) is 0.542. The van der Waals surface area contributed by atoms with Crippen molar-refractivity contribution >= 4 is 0 Å². The number of methoxy groups -OCH3 is 1. The van der Waals surface area contributed by atoms with Gasteiger partial charge in [-0.15, -0.1) is 10.2 Å². The minimum Gasteiger partial charge on any atom is -0.481 e. The van der Waals surface area contributed by atoms with E-state index in [0.29, 0.717) is 34.5 Å². The van der Waals surface area contributed by atoms with E-state index in [4.69, 9.17) is 4.74 Å². The largest absolute Gasteiger partial charge is 0.481 e. The molecule has 3 heterocycles. The standard InChI is InChI=1S/C20H17FN6O/c1-12-4-6-16(21)15(8-12)17-10-23-18(11-22-17)20-26-25-13(2)27(20)14-5-7-19(28-3)24-9-14/h4-11H,1-3H3. The Kier molecular flexibility index (Phi) is 4.52. The van der Waals surface area contributed by atoms with Gasteiger partial charge in [-0.05, 0) is 32.0 Å². The van der Waals surface area contributed by atoms with Crippen LogP contribution in [0.15, 0.2) is 48.9 Å². The highest BCUT2D eigenvalue weighted by Gasteiger charge is 2.16. The van der Waals surface area contributed by atoms with Gasteiger partial charge in [-0.1, -0.05) is 11.6 Å². The van der Waals surface area contributed by atoms with Crippen LogP contribution in [0.3, 0.4) is 0 Å². The third-order valence-electron chi connectivity index (χ3n) is 4.29. The molecule has 0 unspecified atom stereocenters. The third-order valence-corrected chi connectivity index (χ3v) is 4.29. The molecule has 7 nitrogen and oxygen atoms in total. The molecule has 0 saturated carbocycles. The lowest BCUT2D eigenvalue weighted by atomic mass is 10.1. The van der Waals surface area contributed by atoms with Gasteiger partial charge >= 0.3 is 0 Å². The maximum atomic E-state index is 14.1. The molecule has 28 heavy (non-hydrogen) atoms. The van der Waals surface area contributed by atoms with Gasteiger partial charge in [0.15, 0.2) is 5.82 Å². The van der Waals surface area contributed by atoms with Crippen LogP contribution < -0.4 is 4.74 Å². The van der Waals surface area contributed by atoms with Crippen LogP contribution in [0.4, 0.5) is 4.39 Å². The van der Waals surface area contributed by atoms with Crippen LogP contribution in [0, 0.1) is 19.7 Å². The lowest BCUT2D eigenvalue weighted by Gasteiger charge is -2.09. The Balaban J connectivity index is 1.73. The zero-order valence-corrected chi connectivity index (χ0v) is 15.6. The molecule has 0 spiro atoms. The van der Waals surface area contributed by atoms with Crippen LogP contribution in [0.1, 0.15) is 11.4 Å². The molecule has 0 radical (unpaired) electrons. The van der Waals surface area contributed by atoms with E-state index in [-0.39, 0.29) is 5.82 Å². The lowest BCUT2D eigenvalue weighted by Crippen LogP contribution is -2.02. The minimum atomic E-state index is -0.337. The Bertz CT molecular complexity index is 1120. The summed E-state index contributed by atoms with van der Waals surface area (Å²) >= 11 is 0. The molecular weight excluding hydrogens is 359 g/mol. The van der Waals surface area contributed by atoms with Crippen LogP contribution in [0.2, 0.25) is 0 Å². The maximum Gasteiger partial charge on any atom is 0.213 e. The van der Waals surface area contributed by atoms with Gasteiger partial charge in [-0.2, -0.15) is 0 Å². The first-order valence-electron chi connectivity index (χ1n) is 8.58. The molecular formula is C20H17FN6O. The molecule has 0 aliphatic heterocycles. The summed E-state index contributed by atoms with van der Waals surface area (Å²) in [4.78, 5) is 13.0. The van der Waals surface area contributed by atoms with Gasteiger partial charge in [0.2, 0.25) is 5.88 Å². The summed E-state index contributed by atoms with van der Waals surface area (Å²) in [6.07, 6.45) is 4.77.